The molecule has 2 aliphatic carbocycles. The Morgan fingerprint density at radius 2 is 1.80 bits per heavy atom. The molecule has 7 unspecified atom stereocenters. The monoisotopic (exact) mass is 680 g/mol. The van der Waals surface area contributed by atoms with Crippen molar-refractivity contribution in [2.24, 2.45) is 15.9 Å². The molecule has 1 saturated heterocycles. The van der Waals surface area contributed by atoms with E-state index >= 15 is 0 Å². The number of rotatable bonds is 8. The average molecular weight is 681 g/mol. The summed E-state index contributed by atoms with van der Waals surface area (Å²) in [5.41, 5.74) is -4.44. The SMILES string of the molecule is COc1ccc(C2C=C(O)c3c(cc(OC4OC(C(=O)O)C5(O)C(C6=NC=NC6)C=CC4(O)C5O)c(OC4(O)CCCCC4)c3O)O2)cc1. The van der Waals surface area contributed by atoms with Crippen LogP contribution in [0.4, 0.5) is 0 Å². The smallest absolute Gasteiger partial charge is 0.336 e. The summed E-state index contributed by atoms with van der Waals surface area (Å²) >= 11 is 0. The van der Waals surface area contributed by atoms with Gasteiger partial charge in [-0.05, 0) is 36.6 Å². The minimum atomic E-state index is -2.60. The summed E-state index contributed by atoms with van der Waals surface area (Å²) in [6, 6.07) is 8.07. The number of ether oxygens (including phenoxy) is 5. The summed E-state index contributed by atoms with van der Waals surface area (Å²) in [4.78, 5) is 20.6. The lowest BCUT2D eigenvalue weighted by molar-refractivity contribution is -0.337. The number of fused-ring (bicyclic) bond motifs is 3. The molecule has 2 fully saturated rings. The predicted molar refractivity (Wildman–Crippen MR) is 170 cm³/mol. The zero-order valence-electron chi connectivity index (χ0n) is 26.3. The predicted octanol–water partition coefficient (Wildman–Crippen LogP) is 2.15. The second kappa shape index (κ2) is 12.0. The standard InChI is InChI=1S/C34H36N2O13/c1-45-18-7-5-17(6-8-18)22-13-21(37)25-23(46-22)14-24(27(26(25)38)49-32(42)10-3-2-4-11-32)47-31-33(43)12-9-19(20-15-35-16-36-20)34(44,30(33)41)28(48-31)29(39)40/h5-9,12-14,16,19,22,28,30-31,37-38,41-44H,2-4,10-11,15H2,1H3,(H,39,40). The highest BCUT2D eigenvalue weighted by Crippen LogP contribution is 2.54. The van der Waals surface area contributed by atoms with Crippen molar-refractivity contribution in [1.29, 1.82) is 0 Å². The Morgan fingerprint density at radius 1 is 1.06 bits per heavy atom. The van der Waals surface area contributed by atoms with Gasteiger partial charge in [0.25, 0.3) is 0 Å². The molecule has 0 spiro atoms. The van der Waals surface area contributed by atoms with E-state index in [2.05, 4.69) is 9.98 Å². The molecule has 15 heteroatoms. The van der Waals surface area contributed by atoms with Crippen LogP contribution in [0.2, 0.25) is 0 Å². The van der Waals surface area contributed by atoms with E-state index in [-0.39, 0.29) is 47.9 Å². The molecule has 7 N–H and O–H groups in total. The van der Waals surface area contributed by atoms with Gasteiger partial charge in [-0.25, -0.2) is 9.79 Å². The zero-order chi connectivity index (χ0) is 34.7. The summed E-state index contributed by atoms with van der Waals surface area (Å²) in [6.07, 6.45) is 0.350. The van der Waals surface area contributed by atoms with E-state index in [1.807, 2.05) is 0 Å². The van der Waals surface area contributed by atoms with Gasteiger partial charge in [-0.2, -0.15) is 0 Å². The maximum atomic E-state index is 12.5. The number of aromatic hydroxyl groups is 1. The van der Waals surface area contributed by atoms with Gasteiger partial charge in [0.2, 0.25) is 17.8 Å². The van der Waals surface area contributed by atoms with Crippen molar-refractivity contribution < 1.29 is 64.2 Å². The Balaban J connectivity index is 1.31. The number of benzene rings is 2. The van der Waals surface area contributed by atoms with Crippen molar-refractivity contribution in [2.45, 2.75) is 73.7 Å². The van der Waals surface area contributed by atoms with Gasteiger partial charge in [0.1, 0.15) is 47.0 Å². The molecule has 260 valence electrons. The molecule has 49 heavy (non-hydrogen) atoms. The van der Waals surface area contributed by atoms with Gasteiger partial charge in [-0.3, -0.25) is 4.99 Å². The summed E-state index contributed by atoms with van der Waals surface area (Å²) in [7, 11) is 1.52. The van der Waals surface area contributed by atoms with E-state index in [1.165, 1.54) is 31.7 Å². The molecular formula is C34H36N2O13. The van der Waals surface area contributed by atoms with Crippen LogP contribution in [0.25, 0.3) is 5.76 Å². The quantitative estimate of drug-likeness (QED) is 0.157. The minimum Gasteiger partial charge on any atom is -0.507 e. The Labute approximate surface area is 279 Å². The molecule has 0 radical (unpaired) electrons. The van der Waals surface area contributed by atoms with Gasteiger partial charge in [0.05, 0.1) is 25.3 Å². The van der Waals surface area contributed by atoms with E-state index in [9.17, 15) is 40.5 Å². The largest absolute Gasteiger partial charge is 0.507 e. The third kappa shape index (κ3) is 5.38. The van der Waals surface area contributed by atoms with E-state index in [1.54, 1.807) is 24.3 Å². The number of hydrogen-bond donors (Lipinski definition) is 7. The van der Waals surface area contributed by atoms with Crippen LogP contribution in [0, 0.1) is 5.92 Å². The van der Waals surface area contributed by atoms with Gasteiger partial charge < -0.3 is 59.4 Å². The van der Waals surface area contributed by atoms with Crippen molar-refractivity contribution in [3.05, 3.63) is 59.7 Å². The first-order valence-corrected chi connectivity index (χ1v) is 15.8. The number of nitrogens with zero attached hydrogens (tertiary/aromatic N) is 2. The third-order valence-electron chi connectivity index (χ3n) is 9.74. The Kier molecular flexibility index (Phi) is 8.07. The molecule has 1 saturated carbocycles. The minimum absolute atomic E-state index is 0.0333. The number of phenolic OH excluding ortho intramolecular Hbond substituents is 1. The number of aliphatic hydroxyl groups is 5. The summed E-state index contributed by atoms with van der Waals surface area (Å²) in [6.45, 7) is 0.0333. The first-order valence-electron chi connectivity index (χ1n) is 15.8. The van der Waals surface area contributed by atoms with Crippen molar-refractivity contribution in [3.8, 4) is 28.7 Å². The number of carbonyl (C=O) groups is 1. The summed E-state index contributed by atoms with van der Waals surface area (Å²) < 4.78 is 29.2. The number of carboxylic acids is 1. The normalized spacial score (nSPS) is 32.7. The Bertz CT molecular complexity index is 1770. The maximum Gasteiger partial charge on any atom is 0.336 e. The number of phenols is 1. The molecule has 7 rings (SSSR count). The van der Waals surface area contributed by atoms with Crippen LogP contribution in [0.15, 0.2) is 58.5 Å². The van der Waals surface area contributed by atoms with Crippen LogP contribution in [-0.4, -0.2) is 103 Å². The van der Waals surface area contributed by atoms with Crippen LogP contribution >= 0.6 is 0 Å². The van der Waals surface area contributed by atoms with E-state index in [0.29, 0.717) is 24.2 Å². The van der Waals surface area contributed by atoms with Crippen molar-refractivity contribution in [1.82, 2.24) is 0 Å². The van der Waals surface area contributed by atoms with Gasteiger partial charge in [0.15, 0.2) is 23.2 Å². The van der Waals surface area contributed by atoms with Gasteiger partial charge in [0, 0.05) is 25.0 Å². The van der Waals surface area contributed by atoms with E-state index < -0.39 is 65.0 Å². The molecule has 0 aromatic heterocycles. The number of aliphatic hydroxyl groups excluding tert-OH is 2. The molecule has 5 aliphatic rings. The van der Waals surface area contributed by atoms with Gasteiger partial charge >= 0.3 is 5.97 Å². The first-order chi connectivity index (χ1) is 23.4. The molecule has 3 heterocycles. The van der Waals surface area contributed by atoms with E-state index in [0.717, 1.165) is 12.5 Å². The van der Waals surface area contributed by atoms with Gasteiger partial charge in [-0.15, -0.1) is 0 Å². The molecule has 2 aromatic carbocycles. The molecule has 2 aromatic rings. The van der Waals surface area contributed by atoms with Crippen LogP contribution < -0.4 is 18.9 Å². The molecule has 3 aliphatic heterocycles. The van der Waals surface area contributed by atoms with Crippen molar-refractivity contribution in [3.63, 3.8) is 0 Å². The number of methoxy groups -OCH3 is 1. The highest BCUT2D eigenvalue weighted by atomic mass is 16.7. The topological polar surface area (TPSA) is 230 Å². The molecule has 15 nitrogen and oxygen atoms in total. The molecule has 7 atom stereocenters. The fourth-order valence-electron chi connectivity index (χ4n) is 7.11. The molecule has 2 bridgehead atoms. The van der Waals surface area contributed by atoms with E-state index in [4.69, 9.17) is 23.7 Å². The second-order valence-electron chi connectivity index (χ2n) is 12.8. The van der Waals surface area contributed by atoms with Crippen LogP contribution in [0.5, 0.6) is 28.7 Å². The molecular weight excluding hydrogens is 644 g/mol. The number of hydrogen-bond acceptors (Lipinski definition) is 14. The lowest BCUT2D eigenvalue weighted by Crippen LogP contribution is -2.78. The van der Waals surface area contributed by atoms with Crippen molar-refractivity contribution >= 4 is 23.8 Å². The maximum absolute atomic E-state index is 12.5. The second-order valence-corrected chi connectivity index (χ2v) is 12.8. The van der Waals surface area contributed by atoms with Crippen LogP contribution in [-0.2, 0) is 9.53 Å². The fourth-order valence-corrected chi connectivity index (χ4v) is 7.11. The Hall–Kier alpha value is -4.67. The number of aliphatic imine (C=N–C) groups is 2. The highest BCUT2D eigenvalue weighted by molar-refractivity contribution is 6.00. The third-order valence-corrected chi connectivity index (χ3v) is 9.74. The highest BCUT2D eigenvalue weighted by Gasteiger charge is 2.70. The van der Waals surface area contributed by atoms with Crippen molar-refractivity contribution in [2.75, 3.05) is 13.7 Å². The number of carboxylic acid groups (broad SMARTS) is 1. The molecule has 0 amide bonds. The summed E-state index contributed by atoms with van der Waals surface area (Å²) in [5.74, 6) is -6.00. The van der Waals surface area contributed by atoms with Crippen LogP contribution in [0.1, 0.15) is 49.3 Å². The lowest BCUT2D eigenvalue weighted by atomic mass is 9.64. The average Bonchev–Trinajstić information content (AvgIpc) is 3.61. The number of aliphatic carboxylic acids is 1. The fraction of sp³-hybridized carbons (Fsp3) is 0.441. The lowest BCUT2D eigenvalue weighted by Gasteiger charge is -2.55. The summed E-state index contributed by atoms with van der Waals surface area (Å²) in [5, 5.41) is 79.3. The zero-order valence-corrected chi connectivity index (χ0v) is 26.3. The first kappa shape index (κ1) is 32.9. The van der Waals surface area contributed by atoms with Gasteiger partial charge in [-0.1, -0.05) is 24.6 Å². The Morgan fingerprint density at radius 3 is 2.45 bits per heavy atom. The van der Waals surface area contributed by atoms with Crippen LogP contribution in [0.3, 0.4) is 0 Å².